The first-order valence-corrected chi connectivity index (χ1v) is 8.10. The average Bonchev–Trinajstić information content (AvgIpc) is 3.46. The number of terminal acetylenes is 1. The number of nitrogens with zero attached hydrogens (tertiary/aromatic N) is 2. The van der Waals surface area contributed by atoms with Crippen LogP contribution in [0.1, 0.15) is 38.5 Å². The van der Waals surface area contributed by atoms with E-state index in [2.05, 4.69) is 21.5 Å². The average molecular weight is 311 g/mol. The van der Waals surface area contributed by atoms with Crippen molar-refractivity contribution >= 4 is 11.6 Å². The van der Waals surface area contributed by atoms with Crippen molar-refractivity contribution in [2.24, 2.45) is 16.1 Å². The Morgan fingerprint density at radius 2 is 2.13 bits per heavy atom. The minimum atomic E-state index is -0.411. The van der Waals surface area contributed by atoms with Gasteiger partial charge in [0, 0.05) is 25.7 Å². The maximum Gasteiger partial charge on any atom is 0.224 e. The lowest BCUT2D eigenvalue weighted by Crippen LogP contribution is -2.18. The highest BCUT2D eigenvalue weighted by Gasteiger charge is 2.39. The molecule has 1 aromatic carbocycles. The number of carbonyl (C=O) groups is 1. The van der Waals surface area contributed by atoms with Crippen molar-refractivity contribution in [1.82, 2.24) is 0 Å². The van der Waals surface area contributed by atoms with Crippen molar-refractivity contribution < 1.29 is 9.53 Å². The molecule has 23 heavy (non-hydrogen) atoms. The number of rotatable bonds is 9. The second kappa shape index (κ2) is 6.82. The first-order chi connectivity index (χ1) is 11.2. The molecule has 1 aliphatic carbocycles. The molecule has 1 amide bonds. The fourth-order valence-corrected chi connectivity index (χ4v) is 2.38. The van der Waals surface area contributed by atoms with Gasteiger partial charge in [-0.3, -0.25) is 4.79 Å². The van der Waals surface area contributed by atoms with Gasteiger partial charge >= 0.3 is 0 Å². The largest absolute Gasteiger partial charge is 0.491 e. The normalized spacial score (nSPS) is 17.3. The molecular formula is C18H21N3O2. The maximum absolute atomic E-state index is 12.2. The molecule has 3 rings (SSSR count). The molecule has 1 saturated carbocycles. The topological polar surface area (TPSA) is 63.0 Å². The van der Waals surface area contributed by atoms with Crippen molar-refractivity contribution in [1.29, 1.82) is 0 Å². The van der Waals surface area contributed by atoms with Crippen molar-refractivity contribution in [3.8, 4) is 18.1 Å². The Hall–Kier alpha value is -2.35. The molecule has 0 bridgehead atoms. The van der Waals surface area contributed by atoms with Gasteiger partial charge in [0.1, 0.15) is 5.75 Å². The lowest BCUT2D eigenvalue weighted by atomic mass is 10.0. The highest BCUT2D eigenvalue weighted by Crippen LogP contribution is 2.38. The van der Waals surface area contributed by atoms with Gasteiger partial charge in [-0.1, -0.05) is 12.1 Å². The molecule has 0 unspecified atom stereocenters. The summed E-state index contributed by atoms with van der Waals surface area (Å²) in [4.78, 5) is 12.2. The number of amides is 1. The number of para-hydroxylation sites is 2. The molecule has 5 heteroatoms. The molecule has 0 atom stereocenters. The molecule has 1 N–H and O–H groups in total. The zero-order valence-corrected chi connectivity index (χ0v) is 13.1. The number of carbonyl (C=O) groups excluding carboxylic acids is 1. The number of hydrogen-bond acceptors (Lipinski definition) is 4. The summed E-state index contributed by atoms with van der Waals surface area (Å²) in [5.74, 6) is 3.94. The van der Waals surface area contributed by atoms with Crippen LogP contribution in [-0.4, -0.2) is 18.2 Å². The van der Waals surface area contributed by atoms with Crippen LogP contribution in [0, 0.1) is 18.3 Å². The third kappa shape index (κ3) is 4.56. The molecule has 1 aromatic rings. The van der Waals surface area contributed by atoms with E-state index in [4.69, 9.17) is 11.2 Å². The van der Waals surface area contributed by atoms with E-state index in [1.165, 1.54) is 12.8 Å². The van der Waals surface area contributed by atoms with Crippen LogP contribution >= 0.6 is 0 Å². The summed E-state index contributed by atoms with van der Waals surface area (Å²) >= 11 is 0. The number of hydrogen-bond donors (Lipinski definition) is 1. The molecule has 5 nitrogen and oxygen atoms in total. The van der Waals surface area contributed by atoms with E-state index >= 15 is 0 Å². The Balaban J connectivity index is 1.48. The van der Waals surface area contributed by atoms with Crippen LogP contribution in [0.5, 0.6) is 5.75 Å². The Bertz CT molecular complexity index is 638. The van der Waals surface area contributed by atoms with Crippen LogP contribution in [0.4, 0.5) is 5.69 Å². The Labute approximate surface area is 136 Å². The lowest BCUT2D eigenvalue weighted by Gasteiger charge is -2.13. The third-order valence-electron chi connectivity index (χ3n) is 4.14. The quantitative estimate of drug-likeness (QED) is 0.706. The summed E-state index contributed by atoms with van der Waals surface area (Å²) in [6, 6.07) is 7.55. The maximum atomic E-state index is 12.2. The van der Waals surface area contributed by atoms with Gasteiger partial charge in [-0.2, -0.15) is 10.2 Å². The van der Waals surface area contributed by atoms with Crippen molar-refractivity contribution in [2.75, 3.05) is 11.9 Å². The SMILES string of the molecule is C#CCCC1(CCC(=O)Nc2ccccc2OCC2CC2)N=N1. The predicted molar refractivity (Wildman–Crippen MR) is 88.2 cm³/mol. The fraction of sp³-hybridized carbons (Fsp3) is 0.500. The van der Waals surface area contributed by atoms with Gasteiger partial charge in [0.15, 0.2) is 5.66 Å². The van der Waals surface area contributed by atoms with Crippen LogP contribution in [0.15, 0.2) is 34.5 Å². The van der Waals surface area contributed by atoms with Gasteiger partial charge in [-0.15, -0.1) is 12.3 Å². The van der Waals surface area contributed by atoms with Crippen LogP contribution in [0.2, 0.25) is 0 Å². The van der Waals surface area contributed by atoms with Crippen molar-refractivity contribution in [3.05, 3.63) is 24.3 Å². The van der Waals surface area contributed by atoms with Crippen LogP contribution in [-0.2, 0) is 4.79 Å². The van der Waals surface area contributed by atoms with Gasteiger partial charge in [0.2, 0.25) is 5.91 Å². The van der Waals surface area contributed by atoms with Crippen LogP contribution in [0.3, 0.4) is 0 Å². The standard InChI is InChI=1S/C18H21N3O2/c1-2-3-11-18(20-21-18)12-10-17(22)19-15-6-4-5-7-16(15)23-13-14-8-9-14/h1,4-7,14H,3,8-13H2,(H,19,22). The second-order valence-corrected chi connectivity index (χ2v) is 6.19. The fourth-order valence-electron chi connectivity index (χ4n) is 2.38. The highest BCUT2D eigenvalue weighted by molar-refractivity contribution is 5.92. The predicted octanol–water partition coefficient (Wildman–Crippen LogP) is 3.77. The summed E-state index contributed by atoms with van der Waals surface area (Å²) in [5.41, 5.74) is 0.312. The second-order valence-electron chi connectivity index (χ2n) is 6.19. The Kier molecular flexibility index (Phi) is 4.61. The van der Waals surface area contributed by atoms with E-state index in [1.54, 1.807) is 0 Å². The molecule has 1 aliphatic heterocycles. The lowest BCUT2D eigenvalue weighted by molar-refractivity contribution is -0.116. The molecule has 0 radical (unpaired) electrons. The van der Waals surface area contributed by atoms with E-state index in [-0.39, 0.29) is 5.91 Å². The monoisotopic (exact) mass is 311 g/mol. The first-order valence-electron chi connectivity index (χ1n) is 8.10. The van der Waals surface area contributed by atoms with E-state index in [0.717, 1.165) is 24.5 Å². The van der Waals surface area contributed by atoms with E-state index in [0.29, 0.717) is 25.2 Å². The van der Waals surface area contributed by atoms with Gasteiger partial charge in [-0.05, 0) is 30.9 Å². The number of ether oxygens (including phenoxy) is 1. The number of nitrogens with one attached hydrogen (secondary N) is 1. The number of benzene rings is 1. The minimum absolute atomic E-state index is 0.0511. The van der Waals surface area contributed by atoms with Crippen molar-refractivity contribution in [2.45, 2.75) is 44.2 Å². The zero-order valence-electron chi connectivity index (χ0n) is 13.1. The van der Waals surface area contributed by atoms with E-state index < -0.39 is 5.66 Å². The molecule has 0 spiro atoms. The molecule has 1 fully saturated rings. The first kappa shape index (κ1) is 15.5. The summed E-state index contributed by atoms with van der Waals surface area (Å²) in [5, 5.41) is 11.0. The molecular weight excluding hydrogens is 290 g/mol. The number of anilines is 1. The molecule has 120 valence electrons. The Morgan fingerprint density at radius 1 is 1.35 bits per heavy atom. The molecule has 0 aromatic heterocycles. The van der Waals surface area contributed by atoms with E-state index in [1.807, 2.05) is 24.3 Å². The summed E-state index contributed by atoms with van der Waals surface area (Å²) in [6.45, 7) is 0.722. The van der Waals surface area contributed by atoms with Gasteiger partial charge in [-0.25, -0.2) is 0 Å². The summed E-state index contributed by atoms with van der Waals surface area (Å²) in [7, 11) is 0. The molecule has 2 aliphatic rings. The van der Waals surface area contributed by atoms with Crippen LogP contribution in [0.25, 0.3) is 0 Å². The third-order valence-corrected chi connectivity index (χ3v) is 4.14. The summed E-state index contributed by atoms with van der Waals surface area (Å²) in [6.07, 6.45) is 10.1. The van der Waals surface area contributed by atoms with Crippen LogP contribution < -0.4 is 10.1 Å². The van der Waals surface area contributed by atoms with E-state index in [9.17, 15) is 4.79 Å². The summed E-state index contributed by atoms with van der Waals surface area (Å²) < 4.78 is 5.80. The van der Waals surface area contributed by atoms with Gasteiger partial charge in [0.05, 0.1) is 12.3 Å². The zero-order chi connectivity index (χ0) is 16.1. The highest BCUT2D eigenvalue weighted by atomic mass is 16.5. The van der Waals surface area contributed by atoms with Gasteiger partial charge in [0.25, 0.3) is 0 Å². The molecule has 0 saturated heterocycles. The minimum Gasteiger partial charge on any atom is -0.491 e. The van der Waals surface area contributed by atoms with Crippen molar-refractivity contribution in [3.63, 3.8) is 0 Å². The smallest absolute Gasteiger partial charge is 0.224 e. The Morgan fingerprint density at radius 3 is 2.83 bits per heavy atom. The molecule has 1 heterocycles. The van der Waals surface area contributed by atoms with Gasteiger partial charge < -0.3 is 10.1 Å².